The number of hydrogen-bond donors (Lipinski definition) is 1. The first-order valence-electron chi connectivity index (χ1n) is 12.2. The summed E-state index contributed by atoms with van der Waals surface area (Å²) in [4.78, 5) is 33.5. The summed E-state index contributed by atoms with van der Waals surface area (Å²) in [6.45, 7) is 2.79. The van der Waals surface area contributed by atoms with Crippen LogP contribution in [0.25, 0.3) is 11.3 Å². The summed E-state index contributed by atoms with van der Waals surface area (Å²) in [6, 6.07) is 18.8. The lowest BCUT2D eigenvalue weighted by Crippen LogP contribution is -2.29. The molecule has 1 aromatic heterocycles. The van der Waals surface area contributed by atoms with E-state index in [0.29, 0.717) is 34.5 Å². The van der Waals surface area contributed by atoms with Gasteiger partial charge in [-0.25, -0.2) is 4.98 Å². The Bertz CT molecular complexity index is 1560. The molecule has 0 saturated carbocycles. The highest BCUT2D eigenvalue weighted by Crippen LogP contribution is 2.37. The van der Waals surface area contributed by atoms with Crippen molar-refractivity contribution >= 4 is 34.0 Å². The van der Waals surface area contributed by atoms with Gasteiger partial charge in [0.2, 0.25) is 12.7 Å². The van der Waals surface area contributed by atoms with Gasteiger partial charge in [-0.3, -0.25) is 9.59 Å². The average Bonchev–Trinajstić information content (AvgIpc) is 3.65. The normalized spacial score (nSPS) is 13.4. The van der Waals surface area contributed by atoms with Crippen molar-refractivity contribution in [2.24, 2.45) is 0 Å². The number of ether oxygens (including phenoxy) is 3. The summed E-state index contributed by atoms with van der Waals surface area (Å²) in [6.07, 6.45) is 0.964. The van der Waals surface area contributed by atoms with E-state index in [2.05, 4.69) is 11.4 Å². The lowest BCUT2D eigenvalue weighted by Gasteiger charge is -2.19. The Kier molecular flexibility index (Phi) is 6.21. The van der Waals surface area contributed by atoms with E-state index >= 15 is 0 Å². The number of anilines is 2. The minimum absolute atomic E-state index is 0.0775. The number of amides is 2. The van der Waals surface area contributed by atoms with Crippen LogP contribution in [0.4, 0.5) is 10.8 Å². The Morgan fingerprint density at radius 3 is 2.79 bits per heavy atom. The van der Waals surface area contributed by atoms with Crippen molar-refractivity contribution in [1.29, 1.82) is 0 Å². The van der Waals surface area contributed by atoms with Gasteiger partial charge < -0.3 is 24.4 Å². The zero-order chi connectivity index (χ0) is 26.2. The fourth-order valence-electron chi connectivity index (χ4n) is 4.84. The topological polar surface area (TPSA) is 90.0 Å². The average molecular weight is 528 g/mol. The van der Waals surface area contributed by atoms with Gasteiger partial charge in [0.25, 0.3) is 5.91 Å². The quantitative estimate of drug-likeness (QED) is 0.369. The Balaban J connectivity index is 1.17. The summed E-state index contributed by atoms with van der Waals surface area (Å²) >= 11 is 1.44. The summed E-state index contributed by atoms with van der Waals surface area (Å²) in [5.74, 6) is 1.68. The number of para-hydroxylation sites is 1. The van der Waals surface area contributed by atoms with Crippen LogP contribution in [-0.2, 0) is 17.6 Å². The summed E-state index contributed by atoms with van der Waals surface area (Å²) in [7, 11) is 1.57. The monoisotopic (exact) mass is 527 g/mol. The smallest absolute Gasteiger partial charge is 0.262 e. The van der Waals surface area contributed by atoms with Crippen LogP contribution < -0.4 is 24.4 Å². The van der Waals surface area contributed by atoms with Crippen molar-refractivity contribution in [2.45, 2.75) is 19.8 Å². The molecule has 0 radical (unpaired) electrons. The fraction of sp³-hybridized carbons (Fsp3) is 0.207. The number of nitrogens with one attached hydrogen (secondary N) is 1. The molecule has 6 rings (SSSR count). The number of methoxy groups -OCH3 is 1. The zero-order valence-electron chi connectivity index (χ0n) is 20.9. The first-order chi connectivity index (χ1) is 18.5. The third-order valence-corrected chi connectivity index (χ3v) is 7.56. The maximum atomic E-state index is 13.3. The highest BCUT2D eigenvalue weighted by Gasteiger charge is 2.28. The number of carbonyl (C=O) groups excluding carboxylic acids is 2. The van der Waals surface area contributed by atoms with Gasteiger partial charge in [0.1, 0.15) is 5.75 Å². The van der Waals surface area contributed by atoms with Gasteiger partial charge in [-0.1, -0.05) is 24.3 Å². The first kappa shape index (κ1) is 24.0. The van der Waals surface area contributed by atoms with Gasteiger partial charge in [-0.15, -0.1) is 11.3 Å². The summed E-state index contributed by atoms with van der Waals surface area (Å²) in [5, 5.41) is 3.48. The van der Waals surface area contributed by atoms with E-state index in [1.807, 2.05) is 49.4 Å². The molecule has 38 heavy (non-hydrogen) atoms. The molecule has 2 aliphatic heterocycles. The molecule has 2 amide bonds. The SMILES string of the molecule is COc1ccccc1C(=O)N1CCc2cc(-c3nc(NC(=O)Cc4ccc5c(c4)OCO5)sc3C)ccc21. The van der Waals surface area contributed by atoms with E-state index in [-0.39, 0.29) is 25.0 Å². The van der Waals surface area contributed by atoms with Crippen LogP contribution in [-0.4, -0.2) is 37.2 Å². The van der Waals surface area contributed by atoms with Gasteiger partial charge in [0, 0.05) is 22.7 Å². The van der Waals surface area contributed by atoms with Crippen molar-refractivity contribution in [1.82, 2.24) is 4.98 Å². The standard InChI is InChI=1S/C29H25N3O5S/c1-17-27(31-29(38-17)30-26(33)14-18-7-10-24-25(13-18)37-16-36-24)20-8-9-22-19(15-20)11-12-32(22)28(34)21-5-3-4-6-23(21)35-2/h3-10,13,15H,11-12,14,16H2,1-2H3,(H,30,31,33). The van der Waals surface area contributed by atoms with E-state index in [1.165, 1.54) is 11.3 Å². The van der Waals surface area contributed by atoms with Crippen LogP contribution in [0, 0.1) is 6.92 Å². The molecule has 0 unspecified atom stereocenters. The molecule has 3 heterocycles. The molecule has 192 valence electrons. The maximum absolute atomic E-state index is 13.3. The Morgan fingerprint density at radius 1 is 1.08 bits per heavy atom. The second-order valence-electron chi connectivity index (χ2n) is 9.09. The molecular weight excluding hydrogens is 502 g/mol. The van der Waals surface area contributed by atoms with Crippen LogP contribution in [0.3, 0.4) is 0 Å². The lowest BCUT2D eigenvalue weighted by molar-refractivity contribution is -0.115. The first-order valence-corrected chi connectivity index (χ1v) is 13.1. The summed E-state index contributed by atoms with van der Waals surface area (Å²) in [5.41, 5.74) is 5.15. The molecule has 0 saturated heterocycles. The molecule has 4 aromatic rings. The number of rotatable bonds is 6. The van der Waals surface area contributed by atoms with Crippen molar-refractivity contribution in [3.63, 3.8) is 0 Å². The van der Waals surface area contributed by atoms with E-state index in [1.54, 1.807) is 24.1 Å². The molecule has 0 aliphatic carbocycles. The molecule has 0 bridgehead atoms. The predicted octanol–water partition coefficient (Wildman–Crippen LogP) is 5.24. The second kappa shape index (κ2) is 9.83. The molecular formula is C29H25N3O5S. The van der Waals surface area contributed by atoms with E-state index in [4.69, 9.17) is 19.2 Å². The van der Waals surface area contributed by atoms with E-state index < -0.39 is 0 Å². The lowest BCUT2D eigenvalue weighted by atomic mass is 10.1. The molecule has 1 N–H and O–H groups in total. The van der Waals surface area contributed by atoms with Crippen molar-refractivity contribution in [3.05, 3.63) is 82.2 Å². The number of aromatic nitrogens is 1. The number of nitrogens with zero attached hydrogens (tertiary/aromatic N) is 2. The Hall–Kier alpha value is -4.37. The molecule has 0 spiro atoms. The van der Waals surface area contributed by atoms with Crippen LogP contribution in [0.2, 0.25) is 0 Å². The van der Waals surface area contributed by atoms with Crippen LogP contribution >= 0.6 is 11.3 Å². The Labute approximate surface area is 223 Å². The number of carbonyl (C=O) groups is 2. The zero-order valence-corrected chi connectivity index (χ0v) is 21.8. The van der Waals surface area contributed by atoms with Crippen molar-refractivity contribution in [2.75, 3.05) is 30.7 Å². The largest absolute Gasteiger partial charge is 0.496 e. The number of hydrogen-bond acceptors (Lipinski definition) is 7. The van der Waals surface area contributed by atoms with Gasteiger partial charge in [0.15, 0.2) is 16.6 Å². The van der Waals surface area contributed by atoms with Crippen LogP contribution in [0.5, 0.6) is 17.2 Å². The number of benzene rings is 3. The van der Waals surface area contributed by atoms with E-state index in [9.17, 15) is 9.59 Å². The van der Waals surface area contributed by atoms with Crippen molar-refractivity contribution in [3.8, 4) is 28.5 Å². The minimum Gasteiger partial charge on any atom is -0.496 e. The molecule has 0 fully saturated rings. The number of aryl methyl sites for hydroxylation is 1. The third kappa shape index (κ3) is 4.45. The highest BCUT2D eigenvalue weighted by molar-refractivity contribution is 7.16. The third-order valence-electron chi connectivity index (χ3n) is 6.68. The van der Waals surface area contributed by atoms with Crippen LogP contribution in [0.1, 0.15) is 26.4 Å². The molecule has 2 aliphatic rings. The minimum atomic E-state index is -0.149. The van der Waals surface area contributed by atoms with Gasteiger partial charge in [-0.05, 0) is 60.9 Å². The highest BCUT2D eigenvalue weighted by atomic mass is 32.1. The molecule has 9 heteroatoms. The number of thiazole rings is 1. The van der Waals surface area contributed by atoms with E-state index in [0.717, 1.165) is 39.4 Å². The Morgan fingerprint density at radius 2 is 1.92 bits per heavy atom. The van der Waals surface area contributed by atoms with Crippen LogP contribution in [0.15, 0.2) is 60.7 Å². The molecule has 3 aromatic carbocycles. The maximum Gasteiger partial charge on any atom is 0.262 e. The van der Waals surface area contributed by atoms with Crippen molar-refractivity contribution < 1.29 is 23.8 Å². The number of fused-ring (bicyclic) bond motifs is 2. The van der Waals surface area contributed by atoms with Gasteiger partial charge in [0.05, 0.1) is 24.8 Å². The predicted molar refractivity (Wildman–Crippen MR) is 146 cm³/mol. The summed E-state index contributed by atoms with van der Waals surface area (Å²) < 4.78 is 16.1. The van der Waals surface area contributed by atoms with Gasteiger partial charge in [-0.2, -0.15) is 0 Å². The molecule has 8 nitrogen and oxygen atoms in total. The molecule has 0 atom stereocenters. The van der Waals surface area contributed by atoms with Gasteiger partial charge >= 0.3 is 0 Å². The fourth-order valence-corrected chi connectivity index (χ4v) is 5.70. The second-order valence-corrected chi connectivity index (χ2v) is 10.3.